The first-order valence-corrected chi connectivity index (χ1v) is 6.31. The molecule has 1 saturated heterocycles. The van der Waals surface area contributed by atoms with E-state index in [9.17, 15) is 18.3 Å². The number of rotatable bonds is 2. The maximum Gasteiger partial charge on any atom is 0.248 e. The number of β-amino-alcohol motifs (C(OH)–C–C–N with tert-alkyl or cyclic N) is 1. The number of pyridine rings is 1. The molecule has 0 saturated carbocycles. The molecule has 2 rings (SSSR count). The van der Waals surface area contributed by atoms with E-state index in [1.54, 1.807) is 0 Å². The van der Waals surface area contributed by atoms with E-state index in [1.165, 1.54) is 18.5 Å². The molecule has 6 nitrogen and oxygen atoms in total. The van der Waals surface area contributed by atoms with Crippen molar-refractivity contribution in [2.24, 2.45) is 0 Å². The molecule has 0 unspecified atom stereocenters. The smallest absolute Gasteiger partial charge is 0.248 e. The lowest BCUT2D eigenvalue weighted by atomic mass is 10.3. The van der Waals surface area contributed by atoms with Crippen LogP contribution in [-0.2, 0) is 10.0 Å². The topological polar surface area (TPSA) is 90.5 Å². The Bertz CT molecular complexity index is 536. The van der Waals surface area contributed by atoms with Gasteiger partial charge in [-0.25, -0.2) is 8.42 Å². The second kappa shape index (κ2) is 4.00. The minimum absolute atomic E-state index is 0.0522. The summed E-state index contributed by atoms with van der Waals surface area (Å²) in [6, 6.07) is 1.17. The van der Waals surface area contributed by atoms with Gasteiger partial charge in [0.15, 0.2) is 0 Å². The zero-order valence-electron chi connectivity index (χ0n) is 8.46. The fourth-order valence-electron chi connectivity index (χ4n) is 1.67. The van der Waals surface area contributed by atoms with Gasteiger partial charge < -0.3 is 10.1 Å². The van der Waals surface area contributed by atoms with Crippen LogP contribution in [0.2, 0.25) is 0 Å². The van der Waals surface area contributed by atoms with E-state index in [4.69, 9.17) is 0 Å². The maximum atomic E-state index is 12.0. The highest BCUT2D eigenvalue weighted by Crippen LogP contribution is 2.17. The van der Waals surface area contributed by atoms with E-state index >= 15 is 0 Å². The summed E-state index contributed by atoms with van der Waals surface area (Å²) in [5, 5.41) is 9.29. The molecule has 1 aliphatic heterocycles. The number of nitrogens with one attached hydrogen (secondary N) is 1. The molecule has 16 heavy (non-hydrogen) atoms. The zero-order valence-corrected chi connectivity index (χ0v) is 9.27. The van der Waals surface area contributed by atoms with Crippen LogP contribution in [-0.4, -0.2) is 42.0 Å². The fourth-order valence-corrected chi connectivity index (χ4v) is 3.20. The van der Waals surface area contributed by atoms with Gasteiger partial charge in [0, 0.05) is 31.5 Å². The van der Waals surface area contributed by atoms with Crippen molar-refractivity contribution < 1.29 is 13.5 Å². The average Bonchev–Trinajstić information content (AvgIpc) is 2.66. The Kier molecular flexibility index (Phi) is 2.83. The summed E-state index contributed by atoms with van der Waals surface area (Å²) in [6.07, 6.45) is 2.31. The average molecular weight is 244 g/mol. The molecule has 1 aromatic rings. The summed E-state index contributed by atoms with van der Waals surface area (Å²) >= 11 is 0. The van der Waals surface area contributed by atoms with Crippen LogP contribution in [0, 0.1) is 0 Å². The van der Waals surface area contributed by atoms with Gasteiger partial charge in [0.2, 0.25) is 15.5 Å². The number of sulfonamides is 1. The molecule has 7 heteroatoms. The first-order valence-electron chi connectivity index (χ1n) is 4.87. The summed E-state index contributed by atoms with van der Waals surface area (Å²) in [7, 11) is -3.77. The third-order valence-corrected chi connectivity index (χ3v) is 4.42. The molecule has 2 heterocycles. The highest BCUT2D eigenvalue weighted by molar-refractivity contribution is 7.89. The molecule has 0 aliphatic carbocycles. The highest BCUT2D eigenvalue weighted by atomic mass is 32.2. The van der Waals surface area contributed by atoms with Crippen molar-refractivity contribution in [3.8, 4) is 0 Å². The Hall–Kier alpha value is -1.18. The van der Waals surface area contributed by atoms with E-state index in [-0.39, 0.29) is 18.0 Å². The molecule has 0 aromatic carbocycles. The molecule has 0 amide bonds. The van der Waals surface area contributed by atoms with E-state index in [0.717, 1.165) is 4.31 Å². The molecular weight excluding hydrogens is 232 g/mol. The molecule has 0 bridgehead atoms. The normalized spacial score (nSPS) is 22.4. The van der Waals surface area contributed by atoms with Gasteiger partial charge in [0.1, 0.15) is 4.90 Å². The van der Waals surface area contributed by atoms with Crippen molar-refractivity contribution in [3.63, 3.8) is 0 Å². The number of aliphatic hydroxyl groups excluding tert-OH is 1. The van der Waals surface area contributed by atoms with Crippen LogP contribution in [0.15, 0.2) is 28.2 Å². The maximum absolute atomic E-state index is 12.0. The monoisotopic (exact) mass is 244 g/mol. The summed E-state index contributed by atoms with van der Waals surface area (Å²) in [5.41, 5.74) is -0.542. The Morgan fingerprint density at radius 2 is 2.25 bits per heavy atom. The van der Waals surface area contributed by atoms with Crippen LogP contribution >= 0.6 is 0 Å². The molecule has 1 fully saturated rings. The predicted octanol–water partition coefficient (Wildman–Crippen LogP) is -0.870. The van der Waals surface area contributed by atoms with Crippen LogP contribution < -0.4 is 5.43 Å². The van der Waals surface area contributed by atoms with E-state index in [2.05, 4.69) is 4.98 Å². The van der Waals surface area contributed by atoms with Crippen LogP contribution in [0.3, 0.4) is 0 Å². The van der Waals surface area contributed by atoms with Gasteiger partial charge in [-0.15, -0.1) is 0 Å². The fraction of sp³-hybridized carbons (Fsp3) is 0.444. The van der Waals surface area contributed by atoms with E-state index in [0.29, 0.717) is 6.42 Å². The van der Waals surface area contributed by atoms with Crippen LogP contribution in [0.1, 0.15) is 6.42 Å². The second-order valence-corrected chi connectivity index (χ2v) is 5.58. The summed E-state index contributed by atoms with van der Waals surface area (Å²) < 4.78 is 25.1. The van der Waals surface area contributed by atoms with Crippen LogP contribution in [0.5, 0.6) is 0 Å². The number of aromatic amines is 1. The van der Waals surface area contributed by atoms with Crippen molar-refractivity contribution in [1.29, 1.82) is 0 Å². The number of nitrogens with zero attached hydrogens (tertiary/aromatic N) is 1. The zero-order chi connectivity index (χ0) is 11.8. The number of hydrogen-bond acceptors (Lipinski definition) is 4. The van der Waals surface area contributed by atoms with Crippen molar-refractivity contribution in [3.05, 3.63) is 28.7 Å². The van der Waals surface area contributed by atoms with Gasteiger partial charge in [-0.05, 0) is 6.42 Å². The molecule has 88 valence electrons. The number of H-pyrrole nitrogens is 1. The highest BCUT2D eigenvalue weighted by Gasteiger charge is 2.32. The number of aliphatic hydroxyl groups is 1. The molecule has 1 aromatic heterocycles. The van der Waals surface area contributed by atoms with Crippen molar-refractivity contribution in [2.45, 2.75) is 17.4 Å². The van der Waals surface area contributed by atoms with Crippen molar-refractivity contribution in [2.75, 3.05) is 13.1 Å². The SMILES string of the molecule is O=c1cc[nH]cc1S(=O)(=O)N1CC[C@@H](O)C1. The Morgan fingerprint density at radius 3 is 2.81 bits per heavy atom. The lowest BCUT2D eigenvalue weighted by molar-refractivity contribution is 0.189. The minimum Gasteiger partial charge on any atom is -0.392 e. The van der Waals surface area contributed by atoms with Crippen molar-refractivity contribution >= 4 is 10.0 Å². The van der Waals surface area contributed by atoms with Gasteiger partial charge in [-0.3, -0.25) is 4.79 Å². The molecule has 1 atom stereocenters. The second-order valence-electron chi connectivity index (χ2n) is 3.68. The third kappa shape index (κ3) is 1.89. The van der Waals surface area contributed by atoms with Gasteiger partial charge in [0.25, 0.3) is 0 Å². The first kappa shape index (κ1) is 11.3. The summed E-state index contributed by atoms with van der Waals surface area (Å²) in [4.78, 5) is 13.7. The first-order chi connectivity index (χ1) is 7.51. The van der Waals surface area contributed by atoms with Gasteiger partial charge in [0.05, 0.1) is 6.10 Å². The Labute approximate surface area is 92.6 Å². The molecule has 1 aliphatic rings. The van der Waals surface area contributed by atoms with Gasteiger partial charge in [-0.2, -0.15) is 4.31 Å². The van der Waals surface area contributed by atoms with E-state index in [1.807, 2.05) is 0 Å². The summed E-state index contributed by atoms with van der Waals surface area (Å²) in [5.74, 6) is 0. The number of hydrogen-bond donors (Lipinski definition) is 2. The van der Waals surface area contributed by atoms with Crippen molar-refractivity contribution in [1.82, 2.24) is 9.29 Å². The van der Waals surface area contributed by atoms with Gasteiger partial charge in [-0.1, -0.05) is 0 Å². The van der Waals surface area contributed by atoms with E-state index < -0.39 is 21.6 Å². The minimum atomic E-state index is -3.77. The number of aromatic nitrogens is 1. The standard InChI is InChI=1S/C9H12N2O4S/c12-7-2-4-11(6-7)16(14,15)9-5-10-3-1-8(9)13/h1,3,5,7,12H,2,4,6H2,(H,10,13)/t7-/m1/s1. The molecule has 0 spiro atoms. The molecule has 2 N–H and O–H groups in total. The van der Waals surface area contributed by atoms with Crippen LogP contribution in [0.25, 0.3) is 0 Å². The molecule has 0 radical (unpaired) electrons. The van der Waals surface area contributed by atoms with Crippen LogP contribution in [0.4, 0.5) is 0 Å². The third-order valence-electron chi connectivity index (χ3n) is 2.53. The lowest BCUT2D eigenvalue weighted by Gasteiger charge is -2.14. The predicted molar refractivity (Wildman–Crippen MR) is 56.4 cm³/mol. The Balaban J connectivity index is 2.40. The summed E-state index contributed by atoms with van der Waals surface area (Å²) in [6.45, 7) is 0.300. The largest absolute Gasteiger partial charge is 0.392 e. The molecular formula is C9H12N2O4S. The quantitative estimate of drug-likeness (QED) is 0.707. The lowest BCUT2D eigenvalue weighted by Crippen LogP contribution is -2.32. The van der Waals surface area contributed by atoms with Gasteiger partial charge >= 0.3 is 0 Å². The Morgan fingerprint density at radius 1 is 1.50 bits per heavy atom.